The first-order valence-corrected chi connectivity index (χ1v) is 14.3. The van der Waals surface area contributed by atoms with Gasteiger partial charge in [0.2, 0.25) is 0 Å². The first-order chi connectivity index (χ1) is 22.3. The Labute approximate surface area is 268 Å². The van der Waals surface area contributed by atoms with E-state index in [1.54, 1.807) is 6.07 Å². The zero-order valence-corrected chi connectivity index (χ0v) is 24.9. The molecular weight excluding hydrogens is 660 g/mol. The Balaban J connectivity index is 0.000000199. The summed E-state index contributed by atoms with van der Waals surface area (Å²) in [5, 5.41) is 6.18. The molecule has 2 aliphatic rings. The number of anilines is 5. The van der Waals surface area contributed by atoms with Crippen molar-refractivity contribution < 1.29 is 45.3 Å². The zero-order valence-electron chi connectivity index (χ0n) is 24.2. The van der Waals surface area contributed by atoms with Crippen LogP contribution >= 0.6 is 11.6 Å². The molecule has 2 fully saturated rings. The number of halogens is 7. The maximum atomic E-state index is 12.2. The summed E-state index contributed by atoms with van der Waals surface area (Å²) in [4.78, 5) is 18.2. The predicted molar refractivity (Wildman–Crippen MR) is 158 cm³/mol. The van der Waals surface area contributed by atoms with Crippen molar-refractivity contribution in [3.8, 4) is 11.5 Å². The molecule has 0 atom stereocenters. The number of alkyl halides is 6. The number of hydrogen-bond acceptors (Lipinski definition) is 11. The van der Waals surface area contributed by atoms with Crippen LogP contribution < -0.4 is 25.0 Å². The normalized spacial score (nSPS) is 15.9. The van der Waals surface area contributed by atoms with Crippen molar-refractivity contribution in [2.75, 3.05) is 41.8 Å². The average Bonchev–Trinajstić information content (AvgIpc) is 3.46. The molecule has 4 aromatic rings. The van der Waals surface area contributed by atoms with E-state index in [4.69, 9.17) is 21.1 Å². The summed E-state index contributed by atoms with van der Waals surface area (Å²) in [7, 11) is 0. The number of hydrogen-bond donors (Lipinski definition) is 2. The van der Waals surface area contributed by atoms with E-state index in [9.17, 15) is 26.3 Å². The fraction of sp³-hybridized carbons (Fsp3) is 0.310. The van der Waals surface area contributed by atoms with Crippen LogP contribution in [0.25, 0.3) is 0 Å². The molecule has 0 amide bonds. The molecule has 2 saturated heterocycles. The van der Waals surface area contributed by atoms with Gasteiger partial charge in [-0.2, -0.15) is 0 Å². The molecule has 18 heteroatoms. The largest absolute Gasteiger partial charge is 0.573 e. The molecule has 0 radical (unpaired) electrons. The molecule has 2 aromatic carbocycles. The monoisotopic (exact) mass is 685 g/mol. The van der Waals surface area contributed by atoms with Crippen LogP contribution in [-0.2, 0) is 9.47 Å². The number of piperidine rings is 1. The van der Waals surface area contributed by atoms with Crippen molar-refractivity contribution in [1.82, 2.24) is 19.9 Å². The molecule has 1 spiro atoms. The van der Waals surface area contributed by atoms with E-state index in [1.165, 1.54) is 67.3 Å². The first kappa shape index (κ1) is 33.7. The van der Waals surface area contributed by atoms with Gasteiger partial charge in [-0.25, -0.2) is 19.9 Å². The van der Waals surface area contributed by atoms with Gasteiger partial charge >= 0.3 is 12.7 Å². The van der Waals surface area contributed by atoms with Gasteiger partial charge in [0.1, 0.15) is 46.8 Å². The molecule has 47 heavy (non-hydrogen) atoms. The summed E-state index contributed by atoms with van der Waals surface area (Å²) in [6.45, 7) is 2.77. The molecule has 2 aromatic heterocycles. The van der Waals surface area contributed by atoms with E-state index in [0.717, 1.165) is 31.7 Å². The second kappa shape index (κ2) is 14.4. The maximum Gasteiger partial charge on any atom is 0.573 e. The van der Waals surface area contributed by atoms with Gasteiger partial charge in [0.05, 0.1) is 13.2 Å². The van der Waals surface area contributed by atoms with Crippen LogP contribution in [0.1, 0.15) is 12.8 Å². The van der Waals surface area contributed by atoms with Crippen LogP contribution in [0.4, 0.5) is 55.2 Å². The van der Waals surface area contributed by atoms with Crippen LogP contribution in [0, 0.1) is 0 Å². The third kappa shape index (κ3) is 10.5. The van der Waals surface area contributed by atoms with Crippen LogP contribution in [0.15, 0.2) is 73.3 Å². The number of aromatic nitrogens is 4. The summed E-state index contributed by atoms with van der Waals surface area (Å²) in [6, 6.07) is 14.0. The van der Waals surface area contributed by atoms with Crippen molar-refractivity contribution in [3.63, 3.8) is 0 Å². The van der Waals surface area contributed by atoms with E-state index in [0.29, 0.717) is 36.2 Å². The number of nitrogens with one attached hydrogen (secondary N) is 2. The average molecular weight is 686 g/mol. The van der Waals surface area contributed by atoms with Gasteiger partial charge in [0.15, 0.2) is 5.79 Å². The highest BCUT2D eigenvalue weighted by molar-refractivity contribution is 6.29. The molecule has 0 bridgehead atoms. The van der Waals surface area contributed by atoms with Gasteiger partial charge < -0.3 is 34.5 Å². The van der Waals surface area contributed by atoms with Gasteiger partial charge in [-0.1, -0.05) is 11.6 Å². The second-order valence-electron chi connectivity index (χ2n) is 9.98. The lowest BCUT2D eigenvalue weighted by Gasteiger charge is -2.38. The van der Waals surface area contributed by atoms with E-state index < -0.39 is 18.5 Å². The van der Waals surface area contributed by atoms with Crippen molar-refractivity contribution in [2.24, 2.45) is 0 Å². The van der Waals surface area contributed by atoms with E-state index in [2.05, 4.69) is 44.9 Å². The highest BCUT2D eigenvalue weighted by atomic mass is 35.5. The topological polar surface area (TPSA) is 116 Å². The van der Waals surface area contributed by atoms with Crippen LogP contribution in [0.2, 0.25) is 5.15 Å². The van der Waals surface area contributed by atoms with E-state index in [1.807, 2.05) is 0 Å². The van der Waals surface area contributed by atoms with Gasteiger partial charge in [0.25, 0.3) is 0 Å². The lowest BCUT2D eigenvalue weighted by Crippen LogP contribution is -2.45. The third-order valence-electron chi connectivity index (χ3n) is 6.67. The highest BCUT2D eigenvalue weighted by Gasteiger charge is 2.40. The number of nitrogens with zero attached hydrogens (tertiary/aromatic N) is 5. The first-order valence-electron chi connectivity index (χ1n) is 13.9. The second-order valence-corrected chi connectivity index (χ2v) is 10.4. The fourth-order valence-electron chi connectivity index (χ4n) is 4.63. The molecule has 2 N–H and O–H groups in total. The molecule has 0 unspecified atom stereocenters. The van der Waals surface area contributed by atoms with Gasteiger partial charge in [0, 0.05) is 49.4 Å². The highest BCUT2D eigenvalue weighted by Crippen LogP contribution is 2.33. The standard InChI is InChI=1S/C18H19F3N4O3.C11H7ClF3N3O/c19-18(20,21)28-14-3-1-13(2-4-14)24-15-11-16(23-12-22-15)25-7-5-17(6-8-25)26-9-10-27-17;12-9-5-10(17-6-16-9)18-7-1-3-8(4-2-7)19-11(13,14)15/h1-4,11-12H,5-10H2,(H,22,23,24);1-6H,(H,16,17,18). The summed E-state index contributed by atoms with van der Waals surface area (Å²) < 4.78 is 91.7. The molecule has 6 rings (SSSR count). The maximum absolute atomic E-state index is 12.2. The van der Waals surface area contributed by atoms with Crippen molar-refractivity contribution >= 4 is 40.4 Å². The van der Waals surface area contributed by atoms with Gasteiger partial charge in [-0.05, 0) is 48.5 Å². The Bertz CT molecular complexity index is 1600. The fourth-order valence-corrected chi connectivity index (χ4v) is 4.78. The molecule has 250 valence electrons. The minimum atomic E-state index is -4.71. The number of benzene rings is 2. The van der Waals surface area contributed by atoms with Crippen molar-refractivity contribution in [1.29, 1.82) is 0 Å². The number of rotatable bonds is 7. The summed E-state index contributed by atoms with van der Waals surface area (Å²) in [5.41, 5.74) is 1.13. The molecular formula is C29H26ClF6N7O4. The van der Waals surface area contributed by atoms with Crippen LogP contribution in [0.3, 0.4) is 0 Å². The van der Waals surface area contributed by atoms with Crippen LogP contribution in [-0.4, -0.2) is 64.8 Å². The Kier molecular flexibility index (Phi) is 10.4. The minimum absolute atomic E-state index is 0.259. The SMILES string of the molecule is FC(F)(F)Oc1ccc(Nc2cc(Cl)ncn2)cc1.FC(F)(F)Oc1ccc(Nc2cc(N3CCC4(CC3)OCCO4)ncn2)cc1. The molecule has 11 nitrogen and oxygen atoms in total. The lowest BCUT2D eigenvalue weighted by molar-refractivity contribution is -0.275. The molecule has 2 aliphatic heterocycles. The van der Waals surface area contributed by atoms with Crippen LogP contribution in [0.5, 0.6) is 11.5 Å². The Morgan fingerprint density at radius 1 is 0.681 bits per heavy atom. The Morgan fingerprint density at radius 2 is 1.15 bits per heavy atom. The molecule has 0 saturated carbocycles. The van der Waals surface area contributed by atoms with Gasteiger partial charge in [-0.15, -0.1) is 26.3 Å². The summed E-state index contributed by atoms with van der Waals surface area (Å²) >= 11 is 5.67. The summed E-state index contributed by atoms with van der Waals surface area (Å²) in [6.07, 6.45) is -5.16. The zero-order chi connectivity index (χ0) is 33.5. The van der Waals surface area contributed by atoms with Crippen molar-refractivity contribution in [3.05, 3.63) is 78.5 Å². The molecule has 4 heterocycles. The number of ether oxygens (including phenoxy) is 4. The lowest BCUT2D eigenvalue weighted by atomic mass is 10.0. The Morgan fingerprint density at radius 3 is 1.62 bits per heavy atom. The van der Waals surface area contributed by atoms with Crippen molar-refractivity contribution in [2.45, 2.75) is 31.4 Å². The van der Waals surface area contributed by atoms with E-state index >= 15 is 0 Å². The summed E-state index contributed by atoms with van der Waals surface area (Å²) in [5.74, 6) is 0.721. The minimum Gasteiger partial charge on any atom is -0.406 e. The van der Waals surface area contributed by atoms with Gasteiger partial charge in [-0.3, -0.25) is 0 Å². The predicted octanol–water partition coefficient (Wildman–Crippen LogP) is 7.23. The third-order valence-corrected chi connectivity index (χ3v) is 6.88. The van der Waals surface area contributed by atoms with E-state index in [-0.39, 0.29) is 16.7 Å². The Hall–Kier alpha value is -4.61. The quantitative estimate of drug-likeness (QED) is 0.152. The molecule has 0 aliphatic carbocycles. The smallest absolute Gasteiger partial charge is 0.406 e.